The summed E-state index contributed by atoms with van der Waals surface area (Å²) in [5, 5.41) is 17.3. The minimum atomic E-state index is -0.0262. The van der Waals surface area contributed by atoms with Crippen molar-refractivity contribution in [3.05, 3.63) is 11.6 Å². The fourth-order valence-corrected chi connectivity index (χ4v) is 2.17. The molecule has 0 aromatic rings. The monoisotopic (exact) mass is 201 g/mol. The van der Waals surface area contributed by atoms with Gasteiger partial charge >= 0.3 is 0 Å². The molecule has 1 aliphatic rings. The zero-order valence-corrected chi connectivity index (χ0v) is 9.41. The lowest BCUT2D eigenvalue weighted by atomic mass is 9.76. The topological polar surface area (TPSA) is 59.9 Å². The second kappa shape index (κ2) is 4.28. The van der Waals surface area contributed by atoms with Crippen molar-refractivity contribution in [3.63, 3.8) is 0 Å². The molecule has 0 N–H and O–H groups in total. The summed E-state index contributed by atoms with van der Waals surface area (Å²) in [6.07, 6.45) is 4.02. The SMILES string of the molecule is CC1=CC(N=C(C#N)C#N)CC(C)(C)C1. The maximum absolute atomic E-state index is 8.63. The Morgan fingerprint density at radius 2 is 2.07 bits per heavy atom. The molecule has 3 nitrogen and oxygen atoms in total. The molecular weight excluding hydrogens is 186 g/mol. The van der Waals surface area contributed by atoms with E-state index in [1.807, 2.05) is 0 Å². The molecule has 0 radical (unpaired) electrons. The van der Waals surface area contributed by atoms with E-state index in [1.54, 1.807) is 12.1 Å². The Morgan fingerprint density at radius 3 is 2.53 bits per heavy atom. The van der Waals surface area contributed by atoms with Crippen molar-refractivity contribution in [1.82, 2.24) is 0 Å². The first-order valence-electron chi connectivity index (χ1n) is 5.02. The van der Waals surface area contributed by atoms with Gasteiger partial charge in [-0.3, -0.25) is 4.99 Å². The van der Waals surface area contributed by atoms with Gasteiger partial charge in [0.1, 0.15) is 12.1 Å². The van der Waals surface area contributed by atoms with Crippen LogP contribution in [0.1, 0.15) is 33.6 Å². The lowest BCUT2D eigenvalue weighted by molar-refractivity contribution is 0.303. The van der Waals surface area contributed by atoms with E-state index < -0.39 is 0 Å². The molecule has 1 atom stereocenters. The molecule has 0 saturated carbocycles. The fraction of sp³-hybridized carbons (Fsp3) is 0.583. The van der Waals surface area contributed by atoms with Crippen LogP contribution in [-0.2, 0) is 0 Å². The maximum atomic E-state index is 8.63. The molecule has 0 aliphatic heterocycles. The summed E-state index contributed by atoms with van der Waals surface area (Å²) in [5.41, 5.74) is 1.47. The van der Waals surface area contributed by atoms with E-state index in [0.717, 1.165) is 12.8 Å². The summed E-state index contributed by atoms with van der Waals surface area (Å²) < 4.78 is 0. The number of nitrogens with zero attached hydrogens (tertiary/aromatic N) is 3. The minimum absolute atomic E-state index is 0.0111. The van der Waals surface area contributed by atoms with Crippen LogP contribution in [0.2, 0.25) is 0 Å². The fourth-order valence-electron chi connectivity index (χ4n) is 2.17. The Bertz CT molecular complexity index is 372. The predicted molar refractivity (Wildman–Crippen MR) is 59.2 cm³/mol. The third-order valence-corrected chi connectivity index (χ3v) is 2.50. The van der Waals surface area contributed by atoms with Gasteiger partial charge < -0.3 is 0 Å². The van der Waals surface area contributed by atoms with E-state index in [0.29, 0.717) is 0 Å². The van der Waals surface area contributed by atoms with Gasteiger partial charge in [0.05, 0.1) is 6.04 Å². The van der Waals surface area contributed by atoms with Crippen LogP contribution in [0.15, 0.2) is 16.6 Å². The summed E-state index contributed by atoms with van der Waals surface area (Å²) in [6, 6.07) is 3.59. The molecule has 0 saturated heterocycles. The number of hydrogen-bond donors (Lipinski definition) is 0. The lowest BCUT2D eigenvalue weighted by Gasteiger charge is -2.31. The molecular formula is C12H15N3. The van der Waals surface area contributed by atoms with Gasteiger partial charge in [0.25, 0.3) is 0 Å². The summed E-state index contributed by atoms with van der Waals surface area (Å²) in [5.74, 6) is 0. The molecule has 0 aromatic heterocycles. The Balaban J connectivity index is 2.91. The first-order valence-corrected chi connectivity index (χ1v) is 5.02. The van der Waals surface area contributed by atoms with Crippen molar-refractivity contribution >= 4 is 5.71 Å². The number of allylic oxidation sites excluding steroid dienone is 1. The Morgan fingerprint density at radius 1 is 1.47 bits per heavy atom. The van der Waals surface area contributed by atoms with Crippen molar-refractivity contribution in [3.8, 4) is 12.1 Å². The third kappa shape index (κ3) is 3.22. The molecule has 0 aromatic carbocycles. The molecule has 1 unspecified atom stereocenters. The molecule has 1 rings (SSSR count). The van der Waals surface area contributed by atoms with Gasteiger partial charge in [-0.05, 0) is 25.2 Å². The number of hydrogen-bond acceptors (Lipinski definition) is 3. The molecule has 0 spiro atoms. The predicted octanol–water partition coefficient (Wildman–Crippen LogP) is 2.61. The molecule has 0 amide bonds. The highest BCUT2D eigenvalue weighted by molar-refractivity contribution is 6.10. The Labute approximate surface area is 90.7 Å². The number of aliphatic imine (C=N–C) groups is 1. The van der Waals surface area contributed by atoms with Crippen LogP contribution in [0.4, 0.5) is 0 Å². The van der Waals surface area contributed by atoms with Gasteiger partial charge in [0, 0.05) is 0 Å². The molecule has 1 aliphatic carbocycles. The summed E-state index contributed by atoms with van der Waals surface area (Å²) in [6.45, 7) is 6.44. The first kappa shape index (κ1) is 11.5. The Hall–Kier alpha value is -1.61. The quantitative estimate of drug-likeness (QED) is 0.483. The van der Waals surface area contributed by atoms with Gasteiger partial charge in [-0.1, -0.05) is 25.5 Å². The zero-order chi connectivity index (χ0) is 11.5. The van der Waals surface area contributed by atoms with E-state index in [-0.39, 0.29) is 17.2 Å². The molecule has 0 heterocycles. The summed E-state index contributed by atoms with van der Waals surface area (Å²) in [4.78, 5) is 4.14. The van der Waals surface area contributed by atoms with Crippen LogP contribution in [0.3, 0.4) is 0 Å². The van der Waals surface area contributed by atoms with Crippen molar-refractivity contribution in [2.45, 2.75) is 39.7 Å². The van der Waals surface area contributed by atoms with Crippen molar-refractivity contribution < 1.29 is 0 Å². The van der Waals surface area contributed by atoms with Crippen LogP contribution < -0.4 is 0 Å². The minimum Gasteiger partial charge on any atom is -0.257 e. The van der Waals surface area contributed by atoms with E-state index in [4.69, 9.17) is 10.5 Å². The summed E-state index contributed by atoms with van der Waals surface area (Å²) >= 11 is 0. The number of rotatable bonds is 1. The highest BCUT2D eigenvalue weighted by atomic mass is 14.8. The van der Waals surface area contributed by atoms with Gasteiger partial charge in [0.2, 0.25) is 5.71 Å². The second-order valence-corrected chi connectivity index (χ2v) is 4.83. The van der Waals surface area contributed by atoms with E-state index in [1.165, 1.54) is 5.57 Å². The first-order chi connectivity index (χ1) is 6.96. The largest absolute Gasteiger partial charge is 0.257 e. The summed E-state index contributed by atoms with van der Waals surface area (Å²) in [7, 11) is 0. The van der Waals surface area contributed by atoms with E-state index >= 15 is 0 Å². The van der Waals surface area contributed by atoms with Gasteiger partial charge in [0.15, 0.2) is 0 Å². The second-order valence-electron chi connectivity index (χ2n) is 4.83. The van der Waals surface area contributed by atoms with Gasteiger partial charge in [-0.15, -0.1) is 0 Å². The van der Waals surface area contributed by atoms with Crippen LogP contribution in [-0.4, -0.2) is 11.8 Å². The highest BCUT2D eigenvalue weighted by Crippen LogP contribution is 2.36. The smallest absolute Gasteiger partial charge is 0.214 e. The van der Waals surface area contributed by atoms with E-state index in [2.05, 4.69) is 31.8 Å². The highest BCUT2D eigenvalue weighted by Gasteiger charge is 2.27. The van der Waals surface area contributed by atoms with Crippen molar-refractivity contribution in [2.24, 2.45) is 10.4 Å². The molecule has 78 valence electrons. The van der Waals surface area contributed by atoms with E-state index in [9.17, 15) is 0 Å². The normalized spacial score (nSPS) is 23.3. The van der Waals surface area contributed by atoms with Crippen LogP contribution >= 0.6 is 0 Å². The molecule has 3 heteroatoms. The Kier molecular flexibility index (Phi) is 3.27. The van der Waals surface area contributed by atoms with Gasteiger partial charge in [-0.2, -0.15) is 10.5 Å². The van der Waals surface area contributed by atoms with Gasteiger partial charge in [-0.25, -0.2) is 0 Å². The standard InChI is InChI=1S/C12H15N3/c1-9-4-10(6-12(2,3)5-9)15-11(7-13)8-14/h4,10H,5-6H2,1-3H3. The average Bonchev–Trinajstić information content (AvgIpc) is 2.10. The third-order valence-electron chi connectivity index (χ3n) is 2.50. The average molecular weight is 201 g/mol. The molecule has 15 heavy (non-hydrogen) atoms. The lowest BCUT2D eigenvalue weighted by Crippen LogP contribution is -2.24. The number of nitriles is 2. The molecule has 0 fully saturated rings. The van der Waals surface area contributed by atoms with Crippen molar-refractivity contribution in [2.75, 3.05) is 0 Å². The molecule has 0 bridgehead atoms. The van der Waals surface area contributed by atoms with Crippen molar-refractivity contribution in [1.29, 1.82) is 10.5 Å². The van der Waals surface area contributed by atoms with Crippen LogP contribution in [0.5, 0.6) is 0 Å². The maximum Gasteiger partial charge on any atom is 0.214 e. The van der Waals surface area contributed by atoms with Crippen LogP contribution in [0, 0.1) is 28.1 Å². The van der Waals surface area contributed by atoms with Crippen LogP contribution in [0.25, 0.3) is 0 Å². The zero-order valence-electron chi connectivity index (χ0n) is 9.41.